The van der Waals surface area contributed by atoms with E-state index in [0.29, 0.717) is 12.0 Å². The van der Waals surface area contributed by atoms with Crippen LogP contribution in [0.2, 0.25) is 0 Å². The van der Waals surface area contributed by atoms with Crippen molar-refractivity contribution in [3.8, 4) is 0 Å². The first kappa shape index (κ1) is 12.7. The van der Waals surface area contributed by atoms with E-state index in [-0.39, 0.29) is 0 Å². The van der Waals surface area contributed by atoms with E-state index in [1.165, 1.54) is 16.8 Å². The van der Waals surface area contributed by atoms with Crippen LogP contribution in [0.3, 0.4) is 0 Å². The van der Waals surface area contributed by atoms with Gasteiger partial charge in [0.15, 0.2) is 0 Å². The van der Waals surface area contributed by atoms with Crippen LogP contribution in [0.15, 0.2) is 48.7 Å². The average molecular weight is 242 g/mol. The Bertz CT molecular complexity index is 476. The van der Waals surface area contributed by atoms with Crippen LogP contribution < -0.4 is 10.6 Å². The smallest absolute Gasteiger partial charge is 0.0566 e. The topological polar surface area (TPSA) is 29.3 Å². The summed E-state index contributed by atoms with van der Waals surface area (Å²) in [4.78, 5) is 2.33. The lowest BCUT2D eigenvalue weighted by atomic mass is 10.1. The summed E-state index contributed by atoms with van der Waals surface area (Å²) in [5.41, 5.74) is 10.3. The van der Waals surface area contributed by atoms with Gasteiger partial charge in [-0.25, -0.2) is 0 Å². The predicted octanol–water partition coefficient (Wildman–Crippen LogP) is 3.24. The molecule has 2 heteroatoms. The second kappa shape index (κ2) is 4.89. The Labute approximate surface area is 110 Å². The number of nitrogens with two attached hydrogens (primary N) is 1. The Kier molecular flexibility index (Phi) is 3.46. The number of aryl methyl sites for hydroxylation is 1. The molecule has 0 amide bonds. The number of nitrogens with zero attached hydrogens (tertiary/aromatic N) is 1. The molecule has 0 aliphatic heterocycles. The van der Waals surface area contributed by atoms with Gasteiger partial charge in [0, 0.05) is 24.4 Å². The molecule has 96 valence electrons. The Morgan fingerprint density at radius 1 is 1.39 bits per heavy atom. The summed E-state index contributed by atoms with van der Waals surface area (Å²) in [6, 6.07) is 8.93. The van der Waals surface area contributed by atoms with Crippen LogP contribution >= 0.6 is 0 Å². The first-order valence-electron chi connectivity index (χ1n) is 6.42. The van der Waals surface area contributed by atoms with Crippen molar-refractivity contribution in [2.24, 2.45) is 11.7 Å². The second-order valence-electron chi connectivity index (χ2n) is 5.22. The third-order valence-corrected chi connectivity index (χ3v) is 3.82. The molecule has 0 spiro atoms. The zero-order chi connectivity index (χ0) is 13.3. The van der Waals surface area contributed by atoms with Crippen LogP contribution in [0.4, 0.5) is 5.69 Å². The molecule has 0 radical (unpaired) electrons. The minimum Gasteiger partial charge on any atom is -0.403 e. The lowest BCUT2D eigenvalue weighted by Crippen LogP contribution is -2.22. The van der Waals surface area contributed by atoms with E-state index in [2.05, 4.69) is 56.3 Å². The molecule has 0 bridgehead atoms. The van der Waals surface area contributed by atoms with Crippen molar-refractivity contribution < 1.29 is 0 Å². The molecule has 1 fully saturated rings. The molecule has 0 aromatic heterocycles. The van der Waals surface area contributed by atoms with Crippen molar-refractivity contribution in [3.63, 3.8) is 0 Å². The highest BCUT2D eigenvalue weighted by Gasteiger charge is 2.44. The molecule has 0 heterocycles. The number of rotatable bonds is 5. The lowest BCUT2D eigenvalue weighted by molar-refractivity contribution is 0.684. The molecule has 2 unspecified atom stereocenters. The zero-order valence-electron chi connectivity index (χ0n) is 11.3. The zero-order valence-corrected chi connectivity index (χ0v) is 11.3. The van der Waals surface area contributed by atoms with Crippen LogP contribution in [0.25, 0.3) is 0 Å². The van der Waals surface area contributed by atoms with E-state index in [1.807, 2.05) is 0 Å². The molecular weight excluding hydrogens is 220 g/mol. The van der Waals surface area contributed by atoms with Crippen LogP contribution in [0.1, 0.15) is 18.4 Å². The summed E-state index contributed by atoms with van der Waals surface area (Å²) in [5, 5.41) is 0. The van der Waals surface area contributed by atoms with Gasteiger partial charge in [-0.3, -0.25) is 0 Å². The maximum atomic E-state index is 5.63. The summed E-state index contributed by atoms with van der Waals surface area (Å²) < 4.78 is 0. The van der Waals surface area contributed by atoms with Crippen molar-refractivity contribution in [2.45, 2.75) is 25.8 Å². The van der Waals surface area contributed by atoms with Crippen molar-refractivity contribution in [1.29, 1.82) is 0 Å². The summed E-state index contributed by atoms with van der Waals surface area (Å²) >= 11 is 0. The summed E-state index contributed by atoms with van der Waals surface area (Å²) in [6.07, 6.45) is 1.96. The first-order valence-corrected chi connectivity index (χ1v) is 6.42. The molecule has 1 saturated carbocycles. The van der Waals surface area contributed by atoms with E-state index in [9.17, 15) is 0 Å². The van der Waals surface area contributed by atoms with Gasteiger partial charge in [0.05, 0.1) is 6.04 Å². The number of likely N-dealkylation sites (N-methyl/N-ethyl adjacent to an activating group) is 1. The van der Waals surface area contributed by atoms with Gasteiger partial charge in [0.2, 0.25) is 0 Å². The predicted molar refractivity (Wildman–Crippen MR) is 78.6 cm³/mol. The normalized spacial score (nSPS) is 21.8. The Morgan fingerprint density at radius 2 is 2.06 bits per heavy atom. The summed E-state index contributed by atoms with van der Waals surface area (Å²) in [5.74, 6) is 0.565. The highest BCUT2D eigenvalue weighted by molar-refractivity contribution is 5.58. The largest absolute Gasteiger partial charge is 0.403 e. The second-order valence-corrected chi connectivity index (χ2v) is 5.22. The van der Waals surface area contributed by atoms with Gasteiger partial charge in [-0.15, -0.1) is 0 Å². The maximum absolute atomic E-state index is 5.63. The fourth-order valence-electron chi connectivity index (χ4n) is 2.67. The third kappa shape index (κ3) is 2.42. The van der Waals surface area contributed by atoms with Crippen LogP contribution in [-0.4, -0.2) is 13.1 Å². The van der Waals surface area contributed by atoms with Gasteiger partial charge >= 0.3 is 0 Å². The van der Waals surface area contributed by atoms with Crippen molar-refractivity contribution >= 4 is 5.69 Å². The van der Waals surface area contributed by atoms with E-state index >= 15 is 0 Å². The molecule has 1 aliphatic rings. The lowest BCUT2D eigenvalue weighted by Gasteiger charge is -2.21. The Morgan fingerprint density at radius 3 is 2.67 bits per heavy atom. The minimum atomic E-state index is 0.463. The van der Waals surface area contributed by atoms with E-state index in [1.54, 1.807) is 0 Å². The molecule has 1 aromatic carbocycles. The van der Waals surface area contributed by atoms with E-state index in [0.717, 1.165) is 18.5 Å². The standard InChI is InChI=1S/C16H22N2/c1-11-7-5-6-8-15(11)18(4)16-13(3)14(16)10-9-12(2)17/h5-8,14,16H,2-3,9-10,17H2,1,4H3. The number of para-hydroxylation sites is 1. The quantitative estimate of drug-likeness (QED) is 0.803. The fourth-order valence-corrected chi connectivity index (χ4v) is 2.67. The van der Waals surface area contributed by atoms with Gasteiger partial charge in [-0.1, -0.05) is 31.4 Å². The molecule has 0 saturated heterocycles. The highest BCUT2D eigenvalue weighted by Crippen LogP contribution is 2.46. The Hall–Kier alpha value is -1.70. The van der Waals surface area contributed by atoms with Crippen molar-refractivity contribution in [3.05, 3.63) is 54.3 Å². The third-order valence-electron chi connectivity index (χ3n) is 3.82. The monoisotopic (exact) mass is 242 g/mol. The number of benzene rings is 1. The average Bonchev–Trinajstić information content (AvgIpc) is 2.97. The molecule has 2 N–H and O–H groups in total. The molecule has 1 aromatic rings. The Balaban J connectivity index is 2.03. The van der Waals surface area contributed by atoms with Crippen LogP contribution in [0.5, 0.6) is 0 Å². The fraction of sp³-hybridized carbons (Fsp3) is 0.375. The first-order chi connectivity index (χ1) is 8.52. The maximum Gasteiger partial charge on any atom is 0.0566 e. The molecule has 2 nitrogen and oxygen atoms in total. The van der Waals surface area contributed by atoms with Gasteiger partial charge < -0.3 is 10.6 Å². The molecular formula is C16H22N2. The van der Waals surface area contributed by atoms with Gasteiger partial charge in [0.25, 0.3) is 0 Å². The summed E-state index contributed by atoms with van der Waals surface area (Å²) in [7, 11) is 2.15. The molecule has 2 atom stereocenters. The van der Waals surface area contributed by atoms with Gasteiger partial charge in [-0.05, 0) is 37.0 Å². The van der Waals surface area contributed by atoms with Crippen LogP contribution in [-0.2, 0) is 0 Å². The van der Waals surface area contributed by atoms with E-state index in [4.69, 9.17) is 5.73 Å². The summed E-state index contributed by atoms with van der Waals surface area (Å²) in [6.45, 7) is 10.1. The van der Waals surface area contributed by atoms with Crippen molar-refractivity contribution in [1.82, 2.24) is 0 Å². The number of anilines is 1. The van der Waals surface area contributed by atoms with Crippen molar-refractivity contribution in [2.75, 3.05) is 11.9 Å². The molecule has 2 rings (SSSR count). The SMILES string of the molecule is C=C(N)CCC1C(=C)C1N(C)c1ccccc1C. The van der Waals surface area contributed by atoms with Gasteiger partial charge in [0.1, 0.15) is 0 Å². The van der Waals surface area contributed by atoms with Gasteiger partial charge in [-0.2, -0.15) is 0 Å². The number of hydrogen-bond acceptors (Lipinski definition) is 2. The van der Waals surface area contributed by atoms with E-state index < -0.39 is 0 Å². The number of allylic oxidation sites excluding steroid dienone is 1. The highest BCUT2D eigenvalue weighted by atomic mass is 15.2. The van der Waals surface area contributed by atoms with Crippen LogP contribution in [0, 0.1) is 12.8 Å². The minimum absolute atomic E-state index is 0.463. The molecule has 1 aliphatic carbocycles. The number of hydrogen-bond donors (Lipinski definition) is 1. The molecule has 18 heavy (non-hydrogen) atoms.